The lowest BCUT2D eigenvalue weighted by atomic mass is 9.85. The summed E-state index contributed by atoms with van der Waals surface area (Å²) in [5.41, 5.74) is 2.38. The predicted octanol–water partition coefficient (Wildman–Crippen LogP) is 3.60. The molecule has 0 aromatic heterocycles. The van der Waals surface area contributed by atoms with Crippen molar-refractivity contribution in [2.24, 2.45) is 5.92 Å². The second kappa shape index (κ2) is 8.17. The van der Waals surface area contributed by atoms with Crippen molar-refractivity contribution in [1.29, 1.82) is 0 Å². The lowest BCUT2D eigenvalue weighted by Gasteiger charge is -2.40. The van der Waals surface area contributed by atoms with E-state index in [2.05, 4.69) is 17.0 Å². The van der Waals surface area contributed by atoms with Crippen LogP contribution in [-0.2, 0) is 17.8 Å². The first-order chi connectivity index (χ1) is 12.2. The van der Waals surface area contributed by atoms with Gasteiger partial charge in [0.15, 0.2) is 0 Å². The Morgan fingerprint density at radius 2 is 1.84 bits per heavy atom. The van der Waals surface area contributed by atoms with E-state index in [0.717, 1.165) is 43.7 Å². The van der Waals surface area contributed by atoms with Crippen molar-refractivity contribution < 1.29 is 14.6 Å². The van der Waals surface area contributed by atoms with Crippen molar-refractivity contribution in [2.75, 3.05) is 13.7 Å². The van der Waals surface area contributed by atoms with E-state index in [-0.39, 0.29) is 12.0 Å². The number of ether oxygens (including phenoxy) is 1. The SMILES string of the molecule is COc1ccc(C[C@H]2[C@@H](C(=O)O)CCCN2Cc2ccccc2)cc1. The number of likely N-dealkylation sites (tertiary alicyclic amines) is 1. The molecule has 1 aliphatic rings. The molecule has 4 nitrogen and oxygen atoms in total. The minimum atomic E-state index is -0.684. The van der Waals surface area contributed by atoms with Crippen molar-refractivity contribution in [3.63, 3.8) is 0 Å². The molecule has 0 unspecified atom stereocenters. The number of carbonyl (C=O) groups is 1. The number of piperidine rings is 1. The molecule has 4 heteroatoms. The van der Waals surface area contributed by atoms with Gasteiger partial charge in [-0.25, -0.2) is 0 Å². The molecule has 3 rings (SSSR count). The summed E-state index contributed by atoms with van der Waals surface area (Å²) in [5.74, 6) is -0.181. The van der Waals surface area contributed by atoms with Gasteiger partial charge in [-0.3, -0.25) is 9.69 Å². The Bertz CT molecular complexity index is 684. The molecule has 1 N–H and O–H groups in total. The van der Waals surface area contributed by atoms with Gasteiger partial charge in [-0.2, -0.15) is 0 Å². The van der Waals surface area contributed by atoms with Crippen molar-refractivity contribution in [3.8, 4) is 5.75 Å². The molecular weight excluding hydrogens is 314 g/mol. The summed E-state index contributed by atoms with van der Waals surface area (Å²) in [5, 5.41) is 9.71. The number of aliphatic carboxylic acids is 1. The third kappa shape index (κ3) is 4.40. The number of hydrogen-bond acceptors (Lipinski definition) is 3. The zero-order valence-corrected chi connectivity index (χ0v) is 14.6. The highest BCUT2D eigenvalue weighted by Crippen LogP contribution is 2.29. The van der Waals surface area contributed by atoms with Gasteiger partial charge in [-0.15, -0.1) is 0 Å². The van der Waals surface area contributed by atoms with Gasteiger partial charge < -0.3 is 9.84 Å². The van der Waals surface area contributed by atoms with E-state index in [1.54, 1.807) is 7.11 Å². The minimum Gasteiger partial charge on any atom is -0.497 e. The highest BCUT2D eigenvalue weighted by atomic mass is 16.5. The van der Waals surface area contributed by atoms with Gasteiger partial charge >= 0.3 is 5.97 Å². The maximum atomic E-state index is 11.8. The van der Waals surface area contributed by atoms with Crippen LogP contribution < -0.4 is 4.74 Å². The topological polar surface area (TPSA) is 49.8 Å². The third-order valence-corrected chi connectivity index (χ3v) is 5.04. The molecule has 1 fully saturated rings. The van der Waals surface area contributed by atoms with Crippen LogP contribution >= 0.6 is 0 Å². The van der Waals surface area contributed by atoms with Crippen LogP contribution in [0.3, 0.4) is 0 Å². The smallest absolute Gasteiger partial charge is 0.308 e. The van der Waals surface area contributed by atoms with E-state index in [1.807, 2.05) is 42.5 Å². The summed E-state index contributed by atoms with van der Waals surface area (Å²) < 4.78 is 5.21. The van der Waals surface area contributed by atoms with Crippen LogP contribution in [0.25, 0.3) is 0 Å². The molecule has 0 saturated carbocycles. The average molecular weight is 339 g/mol. The molecule has 0 spiro atoms. The number of carboxylic acids is 1. The van der Waals surface area contributed by atoms with Crippen LogP contribution in [0.2, 0.25) is 0 Å². The maximum absolute atomic E-state index is 11.8. The number of rotatable bonds is 6. The molecule has 0 amide bonds. The molecule has 25 heavy (non-hydrogen) atoms. The van der Waals surface area contributed by atoms with Gasteiger partial charge in [0.1, 0.15) is 5.75 Å². The van der Waals surface area contributed by atoms with E-state index in [9.17, 15) is 9.90 Å². The average Bonchev–Trinajstić information content (AvgIpc) is 2.64. The van der Waals surface area contributed by atoms with Crippen LogP contribution in [0.5, 0.6) is 5.75 Å². The second-order valence-electron chi connectivity index (χ2n) is 6.66. The van der Waals surface area contributed by atoms with E-state index >= 15 is 0 Å². The molecule has 2 aromatic carbocycles. The van der Waals surface area contributed by atoms with E-state index in [0.29, 0.717) is 0 Å². The van der Waals surface area contributed by atoms with E-state index < -0.39 is 5.97 Å². The quantitative estimate of drug-likeness (QED) is 0.873. The number of benzene rings is 2. The standard InChI is InChI=1S/C21H25NO3/c1-25-18-11-9-16(10-12-18)14-20-19(21(23)24)8-5-13-22(20)15-17-6-3-2-4-7-17/h2-4,6-7,9-12,19-20H,5,8,13-15H2,1H3,(H,23,24)/t19-,20-/m0/s1. The number of hydrogen-bond donors (Lipinski definition) is 1. The molecule has 2 atom stereocenters. The summed E-state index contributed by atoms with van der Waals surface area (Å²) in [6.07, 6.45) is 2.43. The Kier molecular flexibility index (Phi) is 5.71. The molecular formula is C21H25NO3. The van der Waals surface area contributed by atoms with Crippen LogP contribution in [-0.4, -0.2) is 35.7 Å². The summed E-state index contributed by atoms with van der Waals surface area (Å²) in [7, 11) is 1.65. The number of carboxylic acid groups (broad SMARTS) is 1. The summed E-state index contributed by atoms with van der Waals surface area (Å²) in [4.78, 5) is 14.1. The molecule has 0 aliphatic carbocycles. The molecule has 132 valence electrons. The fourth-order valence-corrected chi connectivity index (χ4v) is 3.70. The minimum absolute atomic E-state index is 0.0138. The Morgan fingerprint density at radius 3 is 2.48 bits per heavy atom. The van der Waals surface area contributed by atoms with Crippen molar-refractivity contribution in [2.45, 2.75) is 31.8 Å². The van der Waals surface area contributed by atoms with Crippen molar-refractivity contribution >= 4 is 5.97 Å². The summed E-state index contributed by atoms with van der Waals surface area (Å²) in [6, 6.07) is 18.3. The zero-order valence-electron chi connectivity index (χ0n) is 14.6. The van der Waals surface area contributed by atoms with E-state index in [4.69, 9.17) is 4.74 Å². The highest BCUT2D eigenvalue weighted by molar-refractivity contribution is 5.71. The Labute approximate surface area is 149 Å². The first-order valence-corrected chi connectivity index (χ1v) is 8.81. The first kappa shape index (κ1) is 17.5. The number of methoxy groups -OCH3 is 1. The third-order valence-electron chi connectivity index (χ3n) is 5.04. The number of nitrogens with zero attached hydrogens (tertiary/aromatic N) is 1. The van der Waals surface area contributed by atoms with Crippen LogP contribution in [0.15, 0.2) is 54.6 Å². The summed E-state index contributed by atoms with van der Waals surface area (Å²) >= 11 is 0. The Hall–Kier alpha value is -2.33. The molecule has 1 heterocycles. The lowest BCUT2D eigenvalue weighted by molar-refractivity contribution is -0.146. The molecule has 0 radical (unpaired) electrons. The fraction of sp³-hybridized carbons (Fsp3) is 0.381. The van der Waals surface area contributed by atoms with Crippen molar-refractivity contribution in [1.82, 2.24) is 4.90 Å². The maximum Gasteiger partial charge on any atom is 0.308 e. The van der Waals surface area contributed by atoms with Crippen molar-refractivity contribution in [3.05, 3.63) is 65.7 Å². The Morgan fingerprint density at radius 1 is 1.12 bits per heavy atom. The molecule has 1 aliphatic heterocycles. The van der Waals surface area contributed by atoms with Gasteiger partial charge in [-0.1, -0.05) is 42.5 Å². The zero-order chi connectivity index (χ0) is 17.6. The van der Waals surface area contributed by atoms with Crippen LogP contribution in [0.4, 0.5) is 0 Å². The monoisotopic (exact) mass is 339 g/mol. The van der Waals surface area contributed by atoms with Gasteiger partial charge in [0, 0.05) is 12.6 Å². The normalized spacial score (nSPS) is 21.0. The summed E-state index contributed by atoms with van der Waals surface area (Å²) in [6.45, 7) is 1.74. The van der Waals surface area contributed by atoms with Gasteiger partial charge in [0.05, 0.1) is 13.0 Å². The van der Waals surface area contributed by atoms with Gasteiger partial charge in [0.2, 0.25) is 0 Å². The molecule has 0 bridgehead atoms. The largest absolute Gasteiger partial charge is 0.497 e. The van der Waals surface area contributed by atoms with Gasteiger partial charge in [-0.05, 0) is 49.1 Å². The Balaban J connectivity index is 1.80. The predicted molar refractivity (Wildman–Crippen MR) is 97.7 cm³/mol. The fourth-order valence-electron chi connectivity index (χ4n) is 3.70. The molecule has 1 saturated heterocycles. The second-order valence-corrected chi connectivity index (χ2v) is 6.66. The van der Waals surface area contributed by atoms with Gasteiger partial charge in [0.25, 0.3) is 0 Å². The van der Waals surface area contributed by atoms with E-state index in [1.165, 1.54) is 5.56 Å². The molecule has 2 aromatic rings. The lowest BCUT2D eigenvalue weighted by Crippen LogP contribution is -2.48. The first-order valence-electron chi connectivity index (χ1n) is 8.81. The highest BCUT2D eigenvalue weighted by Gasteiger charge is 2.35. The van der Waals surface area contributed by atoms with Crippen LogP contribution in [0, 0.1) is 5.92 Å². The van der Waals surface area contributed by atoms with Crippen LogP contribution in [0.1, 0.15) is 24.0 Å².